The molecule has 0 atom stereocenters. The fraction of sp³-hybridized carbons (Fsp3) is 0.370. The molecule has 38 heavy (non-hydrogen) atoms. The van der Waals surface area contributed by atoms with Gasteiger partial charge in [0.1, 0.15) is 23.0 Å². The highest BCUT2D eigenvalue weighted by atomic mass is 19.1. The van der Waals surface area contributed by atoms with Crippen molar-refractivity contribution in [1.29, 1.82) is 0 Å². The predicted octanol–water partition coefficient (Wildman–Crippen LogP) is 5.52. The molecule has 2 aliphatic heterocycles. The van der Waals surface area contributed by atoms with Crippen LogP contribution in [0.3, 0.4) is 0 Å². The number of pyridine rings is 1. The molecular weight excluding hydrogens is 492 g/mol. The van der Waals surface area contributed by atoms with E-state index in [2.05, 4.69) is 30.2 Å². The van der Waals surface area contributed by atoms with Gasteiger partial charge in [-0.2, -0.15) is 0 Å². The zero-order valence-corrected chi connectivity index (χ0v) is 21.5. The summed E-state index contributed by atoms with van der Waals surface area (Å²) in [6.07, 6.45) is 3.33. The number of carbonyl (C=O) groups is 1. The molecule has 1 aromatic carbocycles. The molecule has 2 aromatic heterocycles. The van der Waals surface area contributed by atoms with Crippen LogP contribution in [0, 0.1) is 11.6 Å². The van der Waals surface area contributed by atoms with E-state index in [1.165, 1.54) is 11.0 Å². The van der Waals surface area contributed by atoms with Crippen LogP contribution in [0.4, 0.5) is 36.7 Å². The van der Waals surface area contributed by atoms with Crippen LogP contribution in [-0.2, 0) is 5.41 Å². The lowest BCUT2D eigenvalue weighted by molar-refractivity contribution is 0.142. The van der Waals surface area contributed by atoms with Crippen LogP contribution in [0.5, 0.6) is 0 Å². The second-order valence-corrected chi connectivity index (χ2v) is 9.51. The molecule has 198 valence electrons. The Bertz CT molecular complexity index is 1400. The number of carboxylic acid groups (broad SMARTS) is 1. The summed E-state index contributed by atoms with van der Waals surface area (Å²) in [5, 5.41) is 12.1. The average Bonchev–Trinajstić information content (AvgIpc) is 3.22. The number of nitrogens with zero attached hydrogens (tertiary/aromatic N) is 6. The van der Waals surface area contributed by atoms with Crippen molar-refractivity contribution in [2.75, 3.05) is 36.4 Å². The summed E-state index contributed by atoms with van der Waals surface area (Å²) in [4.78, 5) is 31.8. The Morgan fingerprint density at radius 1 is 1.05 bits per heavy atom. The highest BCUT2D eigenvalue weighted by Gasteiger charge is 2.40. The molecule has 1 saturated heterocycles. The van der Waals surface area contributed by atoms with E-state index in [0.717, 1.165) is 36.0 Å². The zero-order chi connectivity index (χ0) is 27.0. The number of nitrogens with one attached hydrogen (secondary N) is 1. The third kappa shape index (κ3) is 4.42. The Morgan fingerprint density at radius 3 is 2.42 bits per heavy atom. The quantitative estimate of drug-likeness (QED) is 0.440. The van der Waals surface area contributed by atoms with E-state index in [-0.39, 0.29) is 17.1 Å². The van der Waals surface area contributed by atoms with Crippen LogP contribution in [0.2, 0.25) is 0 Å². The lowest BCUT2D eigenvalue weighted by atomic mass is 9.73. The van der Waals surface area contributed by atoms with Gasteiger partial charge in [-0.15, -0.1) is 0 Å². The van der Waals surface area contributed by atoms with Gasteiger partial charge in [0.2, 0.25) is 5.95 Å². The maximum atomic E-state index is 15.1. The van der Waals surface area contributed by atoms with Gasteiger partial charge in [-0.3, -0.25) is 4.99 Å². The molecule has 11 heteroatoms. The van der Waals surface area contributed by atoms with Crippen LogP contribution in [0.1, 0.15) is 39.2 Å². The smallest absolute Gasteiger partial charge is 0.407 e. The molecule has 5 rings (SSSR count). The van der Waals surface area contributed by atoms with Gasteiger partial charge in [0.15, 0.2) is 5.82 Å². The lowest BCUT2D eigenvalue weighted by Gasteiger charge is -2.34. The van der Waals surface area contributed by atoms with Crippen LogP contribution < -0.4 is 10.2 Å². The normalized spacial score (nSPS) is 16.3. The number of aliphatic imine (C=N–C) groups is 1. The molecule has 0 aliphatic carbocycles. The fourth-order valence-electron chi connectivity index (χ4n) is 5.37. The Balaban J connectivity index is 1.37. The largest absolute Gasteiger partial charge is 0.465 e. The molecule has 4 heterocycles. The van der Waals surface area contributed by atoms with Crippen LogP contribution >= 0.6 is 0 Å². The first-order valence-electron chi connectivity index (χ1n) is 12.6. The number of hydrogen-bond donors (Lipinski definition) is 2. The van der Waals surface area contributed by atoms with E-state index in [4.69, 9.17) is 5.11 Å². The van der Waals surface area contributed by atoms with Crippen LogP contribution in [-0.4, -0.2) is 62.9 Å². The highest BCUT2D eigenvalue weighted by molar-refractivity contribution is 6.00. The average molecular weight is 522 g/mol. The Morgan fingerprint density at radius 2 is 1.79 bits per heavy atom. The molecule has 1 fully saturated rings. The number of anilines is 3. The number of hydrogen-bond acceptors (Lipinski definition) is 7. The van der Waals surface area contributed by atoms with Crippen molar-refractivity contribution in [3.05, 3.63) is 53.9 Å². The minimum atomic E-state index is -0.915. The van der Waals surface area contributed by atoms with Gasteiger partial charge in [0, 0.05) is 42.9 Å². The van der Waals surface area contributed by atoms with Crippen LogP contribution in [0.15, 0.2) is 41.7 Å². The van der Waals surface area contributed by atoms with Gasteiger partial charge in [0.05, 0.1) is 18.1 Å². The van der Waals surface area contributed by atoms with E-state index in [1.807, 2.05) is 26.8 Å². The summed E-state index contributed by atoms with van der Waals surface area (Å²) in [6, 6.07) is 6.67. The molecule has 0 unspecified atom stereocenters. The monoisotopic (exact) mass is 521 g/mol. The second kappa shape index (κ2) is 9.96. The number of benzene rings is 1. The minimum absolute atomic E-state index is 0.0113. The first kappa shape index (κ1) is 25.5. The lowest BCUT2D eigenvalue weighted by Crippen LogP contribution is -2.48. The second-order valence-electron chi connectivity index (χ2n) is 9.51. The first-order chi connectivity index (χ1) is 18.3. The van der Waals surface area contributed by atoms with Crippen LogP contribution in [0.25, 0.3) is 11.3 Å². The van der Waals surface area contributed by atoms with Gasteiger partial charge in [-0.25, -0.2) is 28.5 Å². The number of piperazine rings is 1. The van der Waals surface area contributed by atoms with Crippen molar-refractivity contribution in [2.24, 2.45) is 4.99 Å². The van der Waals surface area contributed by atoms with Gasteiger partial charge < -0.3 is 20.2 Å². The number of aromatic nitrogens is 3. The maximum absolute atomic E-state index is 15.1. The SMILES string of the molecule is CCC1(CC)C(C)=Nc2c(F)cc(-c3nc(Nc4ccc(N5CCN(C(=O)O)CC5)cn4)ncc3F)cc21. The molecule has 0 spiro atoms. The van der Waals surface area contributed by atoms with E-state index < -0.39 is 17.7 Å². The Hall–Kier alpha value is -4.15. The van der Waals surface area contributed by atoms with Crippen molar-refractivity contribution in [1.82, 2.24) is 19.9 Å². The summed E-state index contributed by atoms with van der Waals surface area (Å²) in [6.45, 7) is 8.00. The summed E-state index contributed by atoms with van der Waals surface area (Å²) in [5.41, 5.74) is 2.72. The third-order valence-electron chi connectivity index (χ3n) is 7.68. The van der Waals surface area contributed by atoms with Gasteiger partial charge >= 0.3 is 6.09 Å². The van der Waals surface area contributed by atoms with Crippen molar-refractivity contribution in [3.8, 4) is 11.3 Å². The summed E-state index contributed by atoms with van der Waals surface area (Å²) < 4.78 is 30.0. The summed E-state index contributed by atoms with van der Waals surface area (Å²) in [7, 11) is 0. The molecule has 0 saturated carbocycles. The van der Waals surface area contributed by atoms with Crippen molar-refractivity contribution in [2.45, 2.75) is 39.0 Å². The topological polar surface area (TPSA) is 107 Å². The molecule has 9 nitrogen and oxygen atoms in total. The summed E-state index contributed by atoms with van der Waals surface area (Å²) >= 11 is 0. The minimum Gasteiger partial charge on any atom is -0.465 e. The molecule has 2 aliphatic rings. The van der Waals surface area contributed by atoms with Gasteiger partial charge in [-0.05, 0) is 49.6 Å². The number of fused-ring (bicyclic) bond motifs is 1. The Kier molecular flexibility index (Phi) is 6.68. The molecular formula is C27H29F2N7O2. The number of rotatable bonds is 6. The molecule has 2 N–H and O–H groups in total. The summed E-state index contributed by atoms with van der Waals surface area (Å²) in [5.74, 6) is -0.583. The predicted molar refractivity (Wildman–Crippen MR) is 142 cm³/mol. The van der Waals surface area contributed by atoms with E-state index in [9.17, 15) is 9.18 Å². The van der Waals surface area contributed by atoms with E-state index >= 15 is 4.39 Å². The maximum Gasteiger partial charge on any atom is 0.407 e. The molecule has 0 radical (unpaired) electrons. The third-order valence-corrected chi connectivity index (χ3v) is 7.68. The standard InChI is InChI=1S/C27H29F2N7O2/c1-4-27(5-2)16(3)32-24-19(27)12-17(13-20(24)28)23-21(29)15-31-25(34-23)33-22-7-6-18(14-30-22)35-8-10-36(11-9-35)26(37)38/h6-7,12-15H,4-5,8-11H2,1-3H3,(H,37,38)(H,30,31,33,34). The van der Waals surface area contributed by atoms with E-state index in [0.29, 0.717) is 43.2 Å². The van der Waals surface area contributed by atoms with Crippen molar-refractivity contribution < 1.29 is 18.7 Å². The molecule has 0 bridgehead atoms. The molecule has 1 amide bonds. The van der Waals surface area contributed by atoms with E-state index in [1.54, 1.807) is 18.3 Å². The Labute approximate surface area is 219 Å². The molecule has 3 aromatic rings. The number of halogens is 2. The van der Waals surface area contributed by atoms with Crippen molar-refractivity contribution in [3.63, 3.8) is 0 Å². The van der Waals surface area contributed by atoms with Crippen molar-refractivity contribution >= 4 is 34.9 Å². The zero-order valence-electron chi connectivity index (χ0n) is 21.5. The first-order valence-corrected chi connectivity index (χ1v) is 12.6. The van der Waals surface area contributed by atoms with Gasteiger partial charge in [-0.1, -0.05) is 13.8 Å². The van der Waals surface area contributed by atoms with Gasteiger partial charge in [0.25, 0.3) is 0 Å². The fourth-order valence-corrected chi connectivity index (χ4v) is 5.37. The highest BCUT2D eigenvalue weighted by Crippen LogP contribution is 2.47. The number of amides is 1.